The first kappa shape index (κ1) is 22.6. The largest absolute Gasteiger partial charge is 0.371 e. The molecule has 1 saturated carbocycles. The van der Waals surface area contributed by atoms with E-state index >= 15 is 0 Å². The van der Waals surface area contributed by atoms with Crippen LogP contribution in [0.15, 0.2) is 36.5 Å². The second kappa shape index (κ2) is 8.86. The summed E-state index contributed by atoms with van der Waals surface area (Å²) in [7, 11) is 0. The summed E-state index contributed by atoms with van der Waals surface area (Å²) in [5.41, 5.74) is 3.40. The van der Waals surface area contributed by atoms with Crippen LogP contribution in [0.4, 0.5) is 31.7 Å². The van der Waals surface area contributed by atoms with Crippen LogP contribution < -0.4 is 15.1 Å². The molecule has 1 aliphatic carbocycles. The van der Waals surface area contributed by atoms with Crippen molar-refractivity contribution in [3.05, 3.63) is 42.1 Å². The SMILES string of the molecule is CC1CC(F)(F)CCC1C(=O)N1Cc2cccnc2Nc2ccc(N3CCC(C#N)CC3)cc21. The second-order valence-corrected chi connectivity index (χ2v) is 9.83. The number of fused-ring (bicyclic) bond motifs is 2. The minimum atomic E-state index is -2.70. The van der Waals surface area contributed by atoms with Crippen LogP contribution in [-0.4, -0.2) is 29.9 Å². The molecule has 2 unspecified atom stereocenters. The van der Waals surface area contributed by atoms with Gasteiger partial charge in [-0.3, -0.25) is 4.79 Å². The summed E-state index contributed by atoms with van der Waals surface area (Å²) in [5.74, 6) is -2.86. The van der Waals surface area contributed by atoms with E-state index in [-0.39, 0.29) is 31.1 Å². The Hall–Kier alpha value is -3.21. The van der Waals surface area contributed by atoms with Gasteiger partial charge in [0.2, 0.25) is 11.8 Å². The van der Waals surface area contributed by atoms with Gasteiger partial charge in [0.25, 0.3) is 0 Å². The van der Waals surface area contributed by atoms with Crippen LogP contribution in [0.2, 0.25) is 0 Å². The van der Waals surface area contributed by atoms with Gasteiger partial charge in [-0.2, -0.15) is 5.26 Å². The van der Waals surface area contributed by atoms with Crippen molar-refractivity contribution in [3.8, 4) is 6.07 Å². The summed E-state index contributed by atoms with van der Waals surface area (Å²) in [6, 6.07) is 12.1. The smallest absolute Gasteiger partial charge is 0.248 e. The van der Waals surface area contributed by atoms with Crippen molar-refractivity contribution in [2.24, 2.45) is 17.8 Å². The van der Waals surface area contributed by atoms with Gasteiger partial charge in [0.1, 0.15) is 5.82 Å². The van der Waals surface area contributed by atoms with Crippen LogP contribution in [0.1, 0.15) is 44.6 Å². The maximum atomic E-state index is 14.0. The van der Waals surface area contributed by atoms with Gasteiger partial charge >= 0.3 is 0 Å². The quantitative estimate of drug-likeness (QED) is 0.636. The van der Waals surface area contributed by atoms with Gasteiger partial charge < -0.3 is 15.1 Å². The van der Waals surface area contributed by atoms with Crippen molar-refractivity contribution >= 4 is 28.8 Å². The van der Waals surface area contributed by atoms with E-state index in [9.17, 15) is 18.8 Å². The van der Waals surface area contributed by atoms with Crippen molar-refractivity contribution in [1.82, 2.24) is 4.98 Å². The first-order valence-electron chi connectivity index (χ1n) is 12.0. The van der Waals surface area contributed by atoms with Gasteiger partial charge in [-0.05, 0) is 49.4 Å². The topological polar surface area (TPSA) is 72.3 Å². The minimum Gasteiger partial charge on any atom is -0.371 e. The number of benzene rings is 1. The van der Waals surface area contributed by atoms with Crippen molar-refractivity contribution in [3.63, 3.8) is 0 Å². The fraction of sp³-hybridized carbons (Fsp3) is 0.500. The number of aromatic nitrogens is 1. The predicted octanol–water partition coefficient (Wildman–Crippen LogP) is 5.48. The Balaban J connectivity index is 1.49. The summed E-state index contributed by atoms with van der Waals surface area (Å²) in [6.45, 7) is 3.67. The van der Waals surface area contributed by atoms with Gasteiger partial charge in [0.15, 0.2) is 0 Å². The highest BCUT2D eigenvalue weighted by atomic mass is 19.3. The number of pyridine rings is 1. The molecule has 8 heteroatoms. The number of piperidine rings is 1. The number of hydrogen-bond donors (Lipinski definition) is 1. The Morgan fingerprint density at radius 2 is 2.03 bits per heavy atom. The molecule has 1 saturated heterocycles. The average molecular weight is 466 g/mol. The summed E-state index contributed by atoms with van der Waals surface area (Å²) in [5, 5.41) is 12.6. The van der Waals surface area contributed by atoms with E-state index < -0.39 is 17.8 Å². The van der Waals surface area contributed by atoms with E-state index in [1.54, 1.807) is 18.0 Å². The highest BCUT2D eigenvalue weighted by Gasteiger charge is 2.44. The predicted molar refractivity (Wildman–Crippen MR) is 127 cm³/mol. The van der Waals surface area contributed by atoms with E-state index in [2.05, 4.69) is 21.3 Å². The number of hydrogen-bond acceptors (Lipinski definition) is 5. The summed E-state index contributed by atoms with van der Waals surface area (Å²) < 4.78 is 28.0. The molecule has 1 aromatic heterocycles. The highest BCUT2D eigenvalue weighted by Crippen LogP contribution is 2.44. The fourth-order valence-corrected chi connectivity index (χ4v) is 5.50. The second-order valence-electron chi connectivity index (χ2n) is 9.83. The zero-order chi connectivity index (χ0) is 23.9. The maximum absolute atomic E-state index is 14.0. The standard InChI is InChI=1S/C26H29F2N5O/c1-17-14-26(27,28)9-6-21(17)25(34)33-16-19-3-2-10-30-24(19)31-22-5-4-20(13-23(22)33)32-11-7-18(15-29)8-12-32/h2-5,10,13,17-18,21H,6-9,11-12,14,16H2,1H3,(H,30,31). The number of halogens is 2. The molecule has 0 radical (unpaired) electrons. The van der Waals surface area contributed by atoms with Gasteiger partial charge in [-0.15, -0.1) is 0 Å². The van der Waals surface area contributed by atoms with Crippen LogP contribution in [0.3, 0.4) is 0 Å². The van der Waals surface area contributed by atoms with Crippen molar-refractivity contribution in [1.29, 1.82) is 5.26 Å². The molecular weight excluding hydrogens is 436 g/mol. The van der Waals surface area contributed by atoms with E-state index in [4.69, 9.17) is 0 Å². The van der Waals surface area contributed by atoms with Gasteiger partial charge in [-0.1, -0.05) is 13.0 Å². The van der Waals surface area contributed by atoms with Crippen molar-refractivity contribution in [2.75, 3.05) is 28.2 Å². The molecule has 1 aromatic carbocycles. The molecule has 0 spiro atoms. The monoisotopic (exact) mass is 465 g/mol. The number of alkyl halides is 2. The maximum Gasteiger partial charge on any atom is 0.248 e. The molecule has 2 atom stereocenters. The molecule has 178 valence electrons. The average Bonchev–Trinajstić information content (AvgIpc) is 2.99. The van der Waals surface area contributed by atoms with E-state index in [1.165, 1.54) is 0 Å². The first-order valence-corrected chi connectivity index (χ1v) is 12.0. The number of nitrogens with zero attached hydrogens (tertiary/aromatic N) is 4. The molecule has 0 bridgehead atoms. The lowest BCUT2D eigenvalue weighted by atomic mass is 9.77. The van der Waals surface area contributed by atoms with Gasteiger partial charge in [0, 0.05) is 55.2 Å². The Morgan fingerprint density at radius 1 is 1.24 bits per heavy atom. The number of carbonyl (C=O) groups is 1. The molecule has 1 amide bonds. The lowest BCUT2D eigenvalue weighted by molar-refractivity contribution is -0.130. The first-order chi connectivity index (χ1) is 16.3. The van der Waals surface area contributed by atoms with Gasteiger partial charge in [0.05, 0.1) is 24.0 Å². The summed E-state index contributed by atoms with van der Waals surface area (Å²) in [6.07, 6.45) is 3.03. The fourth-order valence-electron chi connectivity index (χ4n) is 5.50. The van der Waals surface area contributed by atoms with E-state index in [0.717, 1.165) is 48.6 Å². The third-order valence-corrected chi connectivity index (χ3v) is 7.50. The van der Waals surface area contributed by atoms with Crippen LogP contribution in [0.25, 0.3) is 0 Å². The lowest BCUT2D eigenvalue weighted by Gasteiger charge is -2.37. The molecule has 6 nitrogen and oxygen atoms in total. The van der Waals surface area contributed by atoms with Crippen LogP contribution in [0.5, 0.6) is 0 Å². The molecule has 34 heavy (non-hydrogen) atoms. The zero-order valence-electron chi connectivity index (χ0n) is 19.3. The molecule has 2 aliphatic heterocycles. The molecular formula is C26H29F2N5O. The highest BCUT2D eigenvalue weighted by molar-refractivity contribution is 6.00. The molecule has 1 N–H and O–H groups in total. The number of nitrogens with one attached hydrogen (secondary N) is 1. The Morgan fingerprint density at radius 3 is 2.76 bits per heavy atom. The number of rotatable bonds is 2. The third kappa shape index (κ3) is 4.31. The Kier molecular flexibility index (Phi) is 5.88. The minimum absolute atomic E-state index is 0.0864. The summed E-state index contributed by atoms with van der Waals surface area (Å²) >= 11 is 0. The van der Waals surface area contributed by atoms with Crippen LogP contribution in [0, 0.1) is 29.1 Å². The number of amides is 1. The van der Waals surface area contributed by atoms with Crippen molar-refractivity contribution in [2.45, 2.75) is 51.5 Å². The molecule has 3 aliphatic rings. The number of carbonyl (C=O) groups excluding carboxylic acids is 1. The molecule has 2 aromatic rings. The van der Waals surface area contributed by atoms with E-state index in [0.29, 0.717) is 12.4 Å². The van der Waals surface area contributed by atoms with Crippen LogP contribution in [-0.2, 0) is 11.3 Å². The number of nitriles is 1. The lowest BCUT2D eigenvalue weighted by Crippen LogP contribution is -2.43. The van der Waals surface area contributed by atoms with Crippen LogP contribution >= 0.6 is 0 Å². The van der Waals surface area contributed by atoms with Crippen molar-refractivity contribution < 1.29 is 13.6 Å². The Labute approximate surface area is 198 Å². The molecule has 2 fully saturated rings. The summed E-state index contributed by atoms with van der Waals surface area (Å²) in [4.78, 5) is 22.3. The Bertz CT molecular complexity index is 1120. The number of anilines is 4. The van der Waals surface area contributed by atoms with Gasteiger partial charge in [-0.25, -0.2) is 13.8 Å². The zero-order valence-corrected chi connectivity index (χ0v) is 19.3. The molecule has 3 heterocycles. The third-order valence-electron chi connectivity index (χ3n) is 7.50. The van der Waals surface area contributed by atoms with E-state index in [1.807, 2.05) is 30.3 Å². The normalized spacial score (nSPS) is 24.3. The molecule has 5 rings (SSSR count).